The smallest absolute Gasteiger partial charge is 0.310 e. The highest BCUT2D eigenvalue weighted by atomic mass is 35.5. The van der Waals surface area contributed by atoms with Crippen molar-refractivity contribution in [3.05, 3.63) is 40.9 Å². The summed E-state index contributed by atoms with van der Waals surface area (Å²) in [5, 5.41) is 18.0. The molecule has 0 spiro atoms. The van der Waals surface area contributed by atoms with Gasteiger partial charge in [0.15, 0.2) is 0 Å². The zero-order valence-corrected chi connectivity index (χ0v) is 17.1. The molecular weight excluding hydrogens is 392 g/mol. The van der Waals surface area contributed by atoms with E-state index in [0.717, 1.165) is 24.0 Å². The Morgan fingerprint density at radius 2 is 2.00 bits per heavy atom. The first kappa shape index (κ1) is 19.7. The summed E-state index contributed by atoms with van der Waals surface area (Å²) >= 11 is 6.61. The molecule has 1 aromatic heterocycles. The van der Waals surface area contributed by atoms with Gasteiger partial charge in [0.05, 0.1) is 17.5 Å². The first-order valence-corrected chi connectivity index (χ1v) is 10.2. The van der Waals surface area contributed by atoms with Gasteiger partial charge in [-0.2, -0.15) is 0 Å². The SMILES string of the molecule is CC(C)CC(C(=O)O)c1cc(Cl)c(OCC2CC2)c(-c2ccc3nonc3c2)c1. The Hall–Kier alpha value is -2.60. The van der Waals surface area contributed by atoms with E-state index in [-0.39, 0.29) is 5.92 Å². The zero-order chi connectivity index (χ0) is 20.5. The Bertz CT molecular complexity index is 1040. The summed E-state index contributed by atoms with van der Waals surface area (Å²) in [6.45, 7) is 4.63. The van der Waals surface area contributed by atoms with Crippen molar-refractivity contribution in [3.63, 3.8) is 0 Å². The number of benzene rings is 2. The number of carbonyl (C=O) groups is 1. The summed E-state index contributed by atoms with van der Waals surface area (Å²) < 4.78 is 10.9. The van der Waals surface area contributed by atoms with Gasteiger partial charge < -0.3 is 9.84 Å². The van der Waals surface area contributed by atoms with Crippen LogP contribution in [0.3, 0.4) is 0 Å². The maximum absolute atomic E-state index is 11.9. The average molecular weight is 415 g/mol. The van der Waals surface area contributed by atoms with Gasteiger partial charge in [-0.15, -0.1) is 0 Å². The second-order valence-electron chi connectivity index (χ2n) is 8.12. The number of rotatable bonds is 8. The summed E-state index contributed by atoms with van der Waals surface area (Å²) in [4.78, 5) is 11.9. The van der Waals surface area contributed by atoms with Crippen LogP contribution in [0.25, 0.3) is 22.2 Å². The van der Waals surface area contributed by atoms with Crippen LogP contribution < -0.4 is 4.74 Å². The fourth-order valence-corrected chi connectivity index (χ4v) is 3.75. The Kier molecular flexibility index (Phi) is 5.46. The molecule has 6 nitrogen and oxygen atoms in total. The molecule has 1 aliphatic rings. The van der Waals surface area contributed by atoms with Gasteiger partial charge in [-0.1, -0.05) is 31.5 Å². The second kappa shape index (κ2) is 8.03. The van der Waals surface area contributed by atoms with Crippen molar-refractivity contribution in [1.29, 1.82) is 0 Å². The standard InChI is InChI=1S/C22H23ClN2O4/c1-12(2)7-17(22(26)27)15-8-16(14-5-6-19-20(10-14)25-29-24-19)21(18(23)9-15)28-11-13-3-4-13/h5-6,8-10,12-13,17H,3-4,7,11H2,1-2H3,(H,26,27). The Morgan fingerprint density at radius 3 is 2.69 bits per heavy atom. The Labute approximate surface area is 173 Å². The van der Waals surface area contributed by atoms with Gasteiger partial charge in [-0.25, -0.2) is 4.63 Å². The van der Waals surface area contributed by atoms with Gasteiger partial charge >= 0.3 is 5.97 Å². The van der Waals surface area contributed by atoms with Crippen molar-refractivity contribution < 1.29 is 19.3 Å². The third kappa shape index (κ3) is 4.37. The van der Waals surface area contributed by atoms with Crippen LogP contribution in [0.2, 0.25) is 5.02 Å². The van der Waals surface area contributed by atoms with Crippen molar-refractivity contribution in [3.8, 4) is 16.9 Å². The summed E-state index contributed by atoms with van der Waals surface area (Å²) in [5.74, 6) is -0.119. The molecule has 1 saturated carbocycles. The molecule has 2 aromatic carbocycles. The predicted molar refractivity (Wildman–Crippen MR) is 110 cm³/mol. The Morgan fingerprint density at radius 1 is 1.24 bits per heavy atom. The molecule has 0 amide bonds. The molecule has 1 heterocycles. The molecule has 0 saturated heterocycles. The van der Waals surface area contributed by atoms with Crippen LogP contribution in [0.4, 0.5) is 0 Å². The van der Waals surface area contributed by atoms with Crippen molar-refractivity contribution in [1.82, 2.24) is 10.3 Å². The largest absolute Gasteiger partial charge is 0.491 e. The van der Waals surface area contributed by atoms with E-state index >= 15 is 0 Å². The predicted octanol–water partition coefficient (Wildman–Crippen LogP) is 5.55. The van der Waals surface area contributed by atoms with Crippen LogP contribution in [-0.4, -0.2) is 28.0 Å². The van der Waals surface area contributed by atoms with E-state index in [0.29, 0.717) is 46.3 Å². The highest BCUT2D eigenvalue weighted by Gasteiger charge is 2.26. The molecule has 0 bridgehead atoms. The lowest BCUT2D eigenvalue weighted by atomic mass is 9.88. The molecule has 3 aromatic rings. The molecule has 0 aliphatic heterocycles. The van der Waals surface area contributed by atoms with E-state index in [4.69, 9.17) is 21.0 Å². The molecule has 1 unspecified atom stereocenters. The zero-order valence-electron chi connectivity index (χ0n) is 16.4. The lowest BCUT2D eigenvalue weighted by Crippen LogP contribution is -2.14. The summed E-state index contributed by atoms with van der Waals surface area (Å²) in [6, 6.07) is 9.16. The quantitative estimate of drug-likeness (QED) is 0.520. The van der Waals surface area contributed by atoms with E-state index < -0.39 is 11.9 Å². The molecule has 152 valence electrons. The maximum Gasteiger partial charge on any atom is 0.310 e. The summed E-state index contributed by atoms with van der Waals surface area (Å²) in [7, 11) is 0. The molecule has 7 heteroatoms. The van der Waals surface area contributed by atoms with Crippen LogP contribution in [0.15, 0.2) is 35.0 Å². The van der Waals surface area contributed by atoms with E-state index in [1.54, 1.807) is 6.07 Å². The topological polar surface area (TPSA) is 85.5 Å². The number of hydrogen-bond donors (Lipinski definition) is 1. The second-order valence-corrected chi connectivity index (χ2v) is 8.53. The molecule has 1 fully saturated rings. The minimum absolute atomic E-state index is 0.238. The molecule has 0 radical (unpaired) electrons. The van der Waals surface area contributed by atoms with Gasteiger partial charge in [0.25, 0.3) is 0 Å². The van der Waals surface area contributed by atoms with Gasteiger partial charge in [0.2, 0.25) is 0 Å². The van der Waals surface area contributed by atoms with E-state index in [9.17, 15) is 9.90 Å². The first-order valence-electron chi connectivity index (χ1n) is 9.84. The lowest BCUT2D eigenvalue weighted by Gasteiger charge is -2.20. The van der Waals surface area contributed by atoms with E-state index in [1.165, 1.54) is 0 Å². The molecule has 4 rings (SSSR count). The summed E-state index contributed by atoms with van der Waals surface area (Å²) in [5.41, 5.74) is 3.53. The third-order valence-corrected chi connectivity index (χ3v) is 5.48. The number of nitrogens with zero attached hydrogens (tertiary/aromatic N) is 2. The van der Waals surface area contributed by atoms with Gasteiger partial charge in [-0.05, 0) is 76.8 Å². The fraction of sp³-hybridized carbons (Fsp3) is 0.409. The Balaban J connectivity index is 1.81. The van der Waals surface area contributed by atoms with Crippen LogP contribution in [0.1, 0.15) is 44.6 Å². The first-order chi connectivity index (χ1) is 13.9. The van der Waals surface area contributed by atoms with Crippen LogP contribution in [0.5, 0.6) is 5.75 Å². The van der Waals surface area contributed by atoms with Crippen molar-refractivity contribution >= 4 is 28.6 Å². The molecule has 29 heavy (non-hydrogen) atoms. The van der Waals surface area contributed by atoms with Crippen LogP contribution in [-0.2, 0) is 4.79 Å². The van der Waals surface area contributed by atoms with Crippen molar-refractivity contribution in [2.45, 2.75) is 39.0 Å². The number of carboxylic acid groups (broad SMARTS) is 1. The third-order valence-electron chi connectivity index (χ3n) is 5.20. The fourth-order valence-electron chi connectivity index (χ4n) is 3.46. The maximum atomic E-state index is 11.9. The molecule has 1 atom stereocenters. The molecule has 1 aliphatic carbocycles. The number of hydrogen-bond acceptors (Lipinski definition) is 5. The number of halogens is 1. The molecular formula is C22H23ClN2O4. The van der Waals surface area contributed by atoms with E-state index in [2.05, 4.69) is 10.3 Å². The number of aliphatic carboxylic acids is 1. The van der Waals surface area contributed by atoms with Crippen molar-refractivity contribution in [2.24, 2.45) is 11.8 Å². The number of ether oxygens (including phenoxy) is 1. The van der Waals surface area contributed by atoms with Crippen LogP contribution in [0, 0.1) is 11.8 Å². The lowest BCUT2D eigenvalue weighted by molar-refractivity contribution is -0.139. The van der Waals surface area contributed by atoms with Gasteiger partial charge in [-0.3, -0.25) is 4.79 Å². The average Bonchev–Trinajstić information content (AvgIpc) is 3.38. The summed E-state index contributed by atoms with van der Waals surface area (Å²) in [6.07, 6.45) is 2.85. The molecule has 1 N–H and O–H groups in total. The van der Waals surface area contributed by atoms with Gasteiger partial charge in [0.1, 0.15) is 16.8 Å². The highest BCUT2D eigenvalue weighted by Crippen LogP contribution is 2.42. The minimum atomic E-state index is -0.858. The number of aromatic nitrogens is 2. The number of carboxylic acids is 1. The number of fused-ring (bicyclic) bond motifs is 1. The minimum Gasteiger partial charge on any atom is -0.491 e. The van der Waals surface area contributed by atoms with Crippen LogP contribution >= 0.6 is 11.6 Å². The monoisotopic (exact) mass is 414 g/mol. The highest BCUT2D eigenvalue weighted by molar-refractivity contribution is 6.32. The van der Waals surface area contributed by atoms with Crippen molar-refractivity contribution in [2.75, 3.05) is 6.61 Å². The van der Waals surface area contributed by atoms with Gasteiger partial charge in [0, 0.05) is 5.56 Å². The normalized spacial score (nSPS) is 15.0. The van der Waals surface area contributed by atoms with E-state index in [1.807, 2.05) is 38.1 Å².